The van der Waals surface area contributed by atoms with E-state index in [4.69, 9.17) is 4.52 Å². The normalized spacial score (nSPS) is 25.2. The van der Waals surface area contributed by atoms with Gasteiger partial charge in [0.05, 0.1) is 17.3 Å². The Balaban J connectivity index is 1.70. The molecular formula is C18H27N3O4. The van der Waals surface area contributed by atoms with Gasteiger partial charge in [0, 0.05) is 32.6 Å². The van der Waals surface area contributed by atoms with Gasteiger partial charge in [0.25, 0.3) is 5.91 Å². The third-order valence-corrected chi connectivity index (χ3v) is 5.96. The van der Waals surface area contributed by atoms with E-state index in [-0.39, 0.29) is 23.0 Å². The molecule has 2 aliphatic rings. The summed E-state index contributed by atoms with van der Waals surface area (Å²) in [4.78, 5) is 28.1. The Bertz CT molecular complexity index is 674. The molecule has 1 aromatic heterocycles. The molecule has 0 aliphatic carbocycles. The molecule has 25 heavy (non-hydrogen) atoms. The molecule has 3 rings (SSSR count). The van der Waals surface area contributed by atoms with E-state index in [1.807, 2.05) is 13.8 Å². The van der Waals surface area contributed by atoms with E-state index in [0.717, 1.165) is 12.8 Å². The number of aliphatic hydroxyl groups excluding tert-OH is 1. The smallest absolute Gasteiger partial charge is 0.292 e. The van der Waals surface area contributed by atoms with Gasteiger partial charge in [0.1, 0.15) is 0 Å². The summed E-state index contributed by atoms with van der Waals surface area (Å²) in [6.45, 7) is 8.99. The number of carbonyl (C=O) groups excluding carboxylic acids is 2. The molecule has 2 saturated heterocycles. The Kier molecular flexibility index (Phi) is 4.39. The zero-order valence-corrected chi connectivity index (χ0v) is 15.4. The minimum absolute atomic E-state index is 0.0150. The molecule has 2 fully saturated rings. The van der Waals surface area contributed by atoms with E-state index in [1.54, 1.807) is 29.7 Å². The van der Waals surface area contributed by atoms with Crippen LogP contribution in [-0.2, 0) is 4.79 Å². The molecule has 0 saturated carbocycles. The number of carbonyl (C=O) groups is 2. The van der Waals surface area contributed by atoms with Crippen LogP contribution in [0.2, 0.25) is 0 Å². The molecule has 1 aromatic rings. The van der Waals surface area contributed by atoms with Gasteiger partial charge in [-0.1, -0.05) is 5.16 Å². The van der Waals surface area contributed by atoms with Crippen molar-refractivity contribution < 1.29 is 19.2 Å². The van der Waals surface area contributed by atoms with E-state index in [2.05, 4.69) is 5.16 Å². The van der Waals surface area contributed by atoms with Crippen molar-refractivity contribution in [1.82, 2.24) is 15.0 Å². The highest BCUT2D eigenvalue weighted by Gasteiger charge is 2.50. The Morgan fingerprint density at radius 2 is 1.96 bits per heavy atom. The van der Waals surface area contributed by atoms with Crippen molar-refractivity contribution in [1.29, 1.82) is 0 Å². The van der Waals surface area contributed by atoms with E-state index >= 15 is 0 Å². The van der Waals surface area contributed by atoms with Crippen LogP contribution in [0.15, 0.2) is 10.6 Å². The first-order chi connectivity index (χ1) is 11.6. The number of hydrogen-bond acceptors (Lipinski definition) is 5. The van der Waals surface area contributed by atoms with Gasteiger partial charge in [-0.3, -0.25) is 9.59 Å². The van der Waals surface area contributed by atoms with Gasteiger partial charge in [-0.2, -0.15) is 0 Å². The minimum atomic E-state index is -0.565. The standard InChI is InChI=1S/C18H27N3O4/c1-12-9-14(25-19-12)16(24)20-7-5-18(6-8-20)10-15(23)17(3,4)21(11-18)13(2)22/h9,15,23H,5-8,10-11H2,1-4H3/t15-/m0/s1. The third kappa shape index (κ3) is 3.17. The fourth-order valence-electron chi connectivity index (χ4n) is 4.13. The maximum atomic E-state index is 12.5. The van der Waals surface area contributed by atoms with Crippen molar-refractivity contribution in [2.24, 2.45) is 5.41 Å². The molecule has 7 nitrogen and oxygen atoms in total. The van der Waals surface area contributed by atoms with Gasteiger partial charge >= 0.3 is 0 Å². The first kappa shape index (κ1) is 17.9. The van der Waals surface area contributed by atoms with Gasteiger partial charge in [-0.15, -0.1) is 0 Å². The molecule has 0 aromatic carbocycles. The molecule has 7 heteroatoms. The van der Waals surface area contributed by atoms with Crippen LogP contribution in [0.4, 0.5) is 0 Å². The van der Waals surface area contributed by atoms with Crippen molar-refractivity contribution in [3.05, 3.63) is 17.5 Å². The van der Waals surface area contributed by atoms with Gasteiger partial charge in [-0.25, -0.2) is 0 Å². The van der Waals surface area contributed by atoms with Crippen molar-refractivity contribution in [3.8, 4) is 0 Å². The number of amides is 2. The van der Waals surface area contributed by atoms with Crippen LogP contribution in [-0.4, -0.2) is 63.2 Å². The highest BCUT2D eigenvalue weighted by atomic mass is 16.5. The molecule has 3 heterocycles. The average Bonchev–Trinajstić information content (AvgIpc) is 2.98. The molecule has 2 aliphatic heterocycles. The Labute approximate surface area is 147 Å². The van der Waals surface area contributed by atoms with Crippen molar-refractivity contribution in [3.63, 3.8) is 0 Å². The fraction of sp³-hybridized carbons (Fsp3) is 0.722. The Hall–Kier alpha value is -1.89. The molecule has 1 spiro atoms. The first-order valence-corrected chi connectivity index (χ1v) is 8.83. The third-order valence-electron chi connectivity index (χ3n) is 5.96. The largest absolute Gasteiger partial charge is 0.391 e. The van der Waals surface area contributed by atoms with E-state index in [9.17, 15) is 14.7 Å². The van der Waals surface area contributed by atoms with Crippen LogP contribution in [0, 0.1) is 12.3 Å². The van der Waals surface area contributed by atoms with Gasteiger partial charge in [-0.05, 0) is 45.4 Å². The van der Waals surface area contributed by atoms with Crippen LogP contribution < -0.4 is 0 Å². The van der Waals surface area contributed by atoms with Gasteiger partial charge < -0.3 is 19.4 Å². The fourth-order valence-corrected chi connectivity index (χ4v) is 4.13. The number of aryl methyl sites for hydroxylation is 1. The van der Waals surface area contributed by atoms with Gasteiger partial charge in [0.2, 0.25) is 11.7 Å². The van der Waals surface area contributed by atoms with Crippen LogP contribution >= 0.6 is 0 Å². The second-order valence-electron chi connectivity index (χ2n) is 8.10. The van der Waals surface area contributed by atoms with Crippen molar-refractivity contribution in [2.45, 2.75) is 58.6 Å². The lowest BCUT2D eigenvalue weighted by molar-refractivity contribution is -0.156. The summed E-state index contributed by atoms with van der Waals surface area (Å²) in [6, 6.07) is 1.65. The topological polar surface area (TPSA) is 86.9 Å². The summed E-state index contributed by atoms with van der Waals surface area (Å²) < 4.78 is 5.08. The lowest BCUT2D eigenvalue weighted by Crippen LogP contribution is -2.64. The summed E-state index contributed by atoms with van der Waals surface area (Å²) in [5, 5.41) is 14.4. The molecule has 0 radical (unpaired) electrons. The summed E-state index contributed by atoms with van der Waals surface area (Å²) >= 11 is 0. The second-order valence-corrected chi connectivity index (χ2v) is 8.10. The number of rotatable bonds is 1. The lowest BCUT2D eigenvalue weighted by atomic mass is 9.67. The quantitative estimate of drug-likeness (QED) is 0.832. The maximum absolute atomic E-state index is 12.5. The monoisotopic (exact) mass is 349 g/mol. The van der Waals surface area contributed by atoms with E-state index in [1.165, 1.54) is 0 Å². The van der Waals surface area contributed by atoms with Crippen LogP contribution in [0.25, 0.3) is 0 Å². The second kappa shape index (κ2) is 6.12. The minimum Gasteiger partial charge on any atom is -0.391 e. The number of aromatic nitrogens is 1. The highest BCUT2D eigenvalue weighted by Crippen LogP contribution is 2.45. The molecule has 1 atom stereocenters. The SMILES string of the molecule is CC(=O)N1CC2(CCN(C(=O)c3cc(C)no3)CC2)C[C@H](O)C1(C)C. The predicted molar refractivity (Wildman–Crippen MR) is 90.9 cm³/mol. The molecule has 0 bridgehead atoms. The first-order valence-electron chi connectivity index (χ1n) is 8.83. The highest BCUT2D eigenvalue weighted by molar-refractivity contribution is 5.91. The van der Waals surface area contributed by atoms with Crippen LogP contribution in [0.5, 0.6) is 0 Å². The molecular weight excluding hydrogens is 322 g/mol. The van der Waals surface area contributed by atoms with Crippen molar-refractivity contribution >= 4 is 11.8 Å². The Morgan fingerprint density at radius 1 is 1.32 bits per heavy atom. The summed E-state index contributed by atoms with van der Waals surface area (Å²) in [7, 11) is 0. The average molecular weight is 349 g/mol. The summed E-state index contributed by atoms with van der Waals surface area (Å²) in [5.41, 5.74) is 0.00223. The maximum Gasteiger partial charge on any atom is 0.292 e. The number of likely N-dealkylation sites (tertiary alicyclic amines) is 2. The zero-order chi connectivity index (χ0) is 18.4. The van der Waals surface area contributed by atoms with Crippen LogP contribution in [0.3, 0.4) is 0 Å². The van der Waals surface area contributed by atoms with E-state index < -0.39 is 11.6 Å². The van der Waals surface area contributed by atoms with Crippen molar-refractivity contribution in [2.75, 3.05) is 19.6 Å². The van der Waals surface area contributed by atoms with E-state index in [0.29, 0.717) is 31.7 Å². The summed E-state index contributed by atoms with van der Waals surface area (Å²) in [6.07, 6.45) is 1.63. The molecule has 138 valence electrons. The predicted octanol–water partition coefficient (Wildman–Crippen LogP) is 1.60. The zero-order valence-electron chi connectivity index (χ0n) is 15.4. The Morgan fingerprint density at radius 3 is 2.48 bits per heavy atom. The number of hydrogen-bond donors (Lipinski definition) is 1. The molecule has 0 unspecified atom stereocenters. The molecule has 1 N–H and O–H groups in total. The lowest BCUT2D eigenvalue weighted by Gasteiger charge is -2.55. The number of aliphatic hydroxyl groups is 1. The summed E-state index contributed by atoms with van der Waals surface area (Å²) in [5.74, 6) is 0.109. The molecule has 2 amide bonds. The van der Waals surface area contributed by atoms with Crippen LogP contribution in [0.1, 0.15) is 56.3 Å². The van der Waals surface area contributed by atoms with Gasteiger partial charge in [0.15, 0.2) is 0 Å². The number of piperidine rings is 2. The number of nitrogens with zero attached hydrogens (tertiary/aromatic N) is 3.